The van der Waals surface area contributed by atoms with Crippen LogP contribution in [0.15, 0.2) is 30.5 Å². The van der Waals surface area contributed by atoms with Crippen molar-refractivity contribution in [3.63, 3.8) is 0 Å². The molecule has 2 aromatic heterocycles. The molecule has 1 saturated carbocycles. The van der Waals surface area contributed by atoms with Crippen LogP contribution in [0.2, 0.25) is 0 Å². The zero-order chi connectivity index (χ0) is 14.7. The van der Waals surface area contributed by atoms with Crippen LogP contribution >= 0.6 is 0 Å². The van der Waals surface area contributed by atoms with Crippen LogP contribution in [0.5, 0.6) is 5.88 Å². The summed E-state index contributed by atoms with van der Waals surface area (Å²) in [5.41, 5.74) is 1.17. The van der Waals surface area contributed by atoms with E-state index in [2.05, 4.69) is 26.3 Å². The average Bonchev–Trinajstić information content (AvgIpc) is 3.26. The Morgan fingerprint density at radius 3 is 3.00 bits per heavy atom. The zero-order valence-electron chi connectivity index (χ0n) is 12.4. The van der Waals surface area contributed by atoms with Crippen molar-refractivity contribution in [2.24, 2.45) is 5.92 Å². The summed E-state index contributed by atoms with van der Waals surface area (Å²) in [7, 11) is 0. The second-order valence-electron chi connectivity index (χ2n) is 5.34. The molecule has 1 aliphatic carbocycles. The van der Waals surface area contributed by atoms with Crippen molar-refractivity contribution >= 4 is 5.82 Å². The Morgan fingerprint density at radius 1 is 1.33 bits per heavy atom. The fraction of sp³-hybridized carbons (Fsp3) is 0.438. The maximum atomic E-state index is 5.83. The SMILES string of the molecule is CCNc1cc(OCC2CC2c2ccccn2)nc(C)n1. The molecule has 0 spiro atoms. The van der Waals surface area contributed by atoms with Crippen molar-refractivity contribution in [1.29, 1.82) is 0 Å². The van der Waals surface area contributed by atoms with E-state index in [1.807, 2.05) is 38.2 Å². The van der Waals surface area contributed by atoms with Gasteiger partial charge in [-0.2, -0.15) is 4.98 Å². The highest BCUT2D eigenvalue weighted by atomic mass is 16.5. The lowest BCUT2D eigenvalue weighted by Gasteiger charge is -2.08. The summed E-state index contributed by atoms with van der Waals surface area (Å²) in [6, 6.07) is 7.93. The van der Waals surface area contributed by atoms with Crippen molar-refractivity contribution in [2.75, 3.05) is 18.5 Å². The Bertz CT molecular complexity index is 602. The number of anilines is 1. The Balaban J connectivity index is 1.57. The van der Waals surface area contributed by atoms with E-state index in [4.69, 9.17) is 4.74 Å². The molecule has 0 amide bonds. The molecule has 1 N–H and O–H groups in total. The summed E-state index contributed by atoms with van der Waals surface area (Å²) in [5.74, 6) is 3.25. The van der Waals surface area contributed by atoms with E-state index < -0.39 is 0 Å². The van der Waals surface area contributed by atoms with Crippen molar-refractivity contribution in [1.82, 2.24) is 15.0 Å². The van der Waals surface area contributed by atoms with Gasteiger partial charge in [0.05, 0.1) is 6.61 Å². The third-order valence-electron chi connectivity index (χ3n) is 3.61. The van der Waals surface area contributed by atoms with Crippen LogP contribution < -0.4 is 10.1 Å². The Hall–Kier alpha value is -2.17. The van der Waals surface area contributed by atoms with Gasteiger partial charge in [-0.15, -0.1) is 0 Å². The molecule has 110 valence electrons. The third-order valence-corrected chi connectivity index (χ3v) is 3.61. The van der Waals surface area contributed by atoms with Crippen molar-refractivity contribution in [2.45, 2.75) is 26.2 Å². The van der Waals surface area contributed by atoms with Gasteiger partial charge in [0.25, 0.3) is 0 Å². The van der Waals surface area contributed by atoms with Gasteiger partial charge in [-0.3, -0.25) is 4.98 Å². The number of nitrogens with zero attached hydrogens (tertiary/aromatic N) is 3. The van der Waals surface area contributed by atoms with Crippen LogP contribution in [0.1, 0.15) is 30.8 Å². The van der Waals surface area contributed by atoms with Gasteiger partial charge in [-0.25, -0.2) is 4.98 Å². The second kappa shape index (κ2) is 6.08. The Labute approximate surface area is 124 Å². The number of rotatable bonds is 6. The summed E-state index contributed by atoms with van der Waals surface area (Å²) in [4.78, 5) is 13.0. The van der Waals surface area contributed by atoms with Crippen molar-refractivity contribution < 1.29 is 4.74 Å². The normalized spacial score (nSPS) is 20.1. The smallest absolute Gasteiger partial charge is 0.218 e. The minimum Gasteiger partial charge on any atom is -0.477 e. The molecule has 1 fully saturated rings. The highest BCUT2D eigenvalue weighted by Gasteiger charge is 2.39. The van der Waals surface area contributed by atoms with Gasteiger partial charge in [0, 0.05) is 36.3 Å². The van der Waals surface area contributed by atoms with E-state index in [0.29, 0.717) is 24.3 Å². The van der Waals surface area contributed by atoms with Gasteiger partial charge in [-0.1, -0.05) is 6.07 Å². The quantitative estimate of drug-likeness (QED) is 0.884. The zero-order valence-corrected chi connectivity index (χ0v) is 12.4. The predicted molar refractivity (Wildman–Crippen MR) is 81.5 cm³/mol. The summed E-state index contributed by atoms with van der Waals surface area (Å²) in [6.45, 7) is 5.44. The summed E-state index contributed by atoms with van der Waals surface area (Å²) in [6.07, 6.45) is 2.99. The van der Waals surface area contributed by atoms with E-state index in [1.165, 1.54) is 5.69 Å². The Morgan fingerprint density at radius 2 is 2.24 bits per heavy atom. The molecule has 3 rings (SSSR count). The van der Waals surface area contributed by atoms with Crippen LogP contribution in [0.4, 0.5) is 5.82 Å². The molecule has 5 heteroatoms. The monoisotopic (exact) mass is 284 g/mol. The lowest BCUT2D eigenvalue weighted by Crippen LogP contribution is -2.06. The minimum atomic E-state index is 0.530. The molecular formula is C16H20N4O. The molecule has 21 heavy (non-hydrogen) atoms. The maximum Gasteiger partial charge on any atom is 0.218 e. The molecule has 1 aliphatic rings. The molecule has 5 nitrogen and oxygen atoms in total. The number of aryl methyl sites for hydroxylation is 1. The van der Waals surface area contributed by atoms with E-state index >= 15 is 0 Å². The number of pyridine rings is 1. The van der Waals surface area contributed by atoms with Crippen LogP contribution in [-0.2, 0) is 0 Å². The highest BCUT2D eigenvalue weighted by molar-refractivity contribution is 5.38. The molecular weight excluding hydrogens is 264 g/mol. The van der Waals surface area contributed by atoms with Gasteiger partial charge in [-0.05, 0) is 32.4 Å². The summed E-state index contributed by atoms with van der Waals surface area (Å²) < 4.78 is 5.83. The fourth-order valence-electron chi connectivity index (χ4n) is 2.47. The lowest BCUT2D eigenvalue weighted by atomic mass is 10.2. The molecule has 2 aromatic rings. The highest BCUT2D eigenvalue weighted by Crippen LogP contribution is 2.46. The fourth-order valence-corrected chi connectivity index (χ4v) is 2.47. The molecule has 0 aromatic carbocycles. The van der Waals surface area contributed by atoms with Gasteiger partial charge in [0.2, 0.25) is 5.88 Å². The first kappa shape index (κ1) is 13.8. The van der Waals surface area contributed by atoms with Gasteiger partial charge in [0.1, 0.15) is 11.6 Å². The molecule has 0 bridgehead atoms. The summed E-state index contributed by atoms with van der Waals surface area (Å²) >= 11 is 0. The van der Waals surface area contributed by atoms with Crippen LogP contribution in [0, 0.1) is 12.8 Å². The van der Waals surface area contributed by atoms with Crippen LogP contribution in [0.3, 0.4) is 0 Å². The third kappa shape index (κ3) is 3.48. The van der Waals surface area contributed by atoms with Crippen LogP contribution in [0.25, 0.3) is 0 Å². The van der Waals surface area contributed by atoms with Gasteiger partial charge < -0.3 is 10.1 Å². The first-order chi connectivity index (χ1) is 10.3. The van der Waals surface area contributed by atoms with Gasteiger partial charge in [0.15, 0.2) is 0 Å². The molecule has 2 unspecified atom stereocenters. The van der Waals surface area contributed by atoms with Gasteiger partial charge >= 0.3 is 0 Å². The largest absolute Gasteiger partial charge is 0.477 e. The molecule has 2 atom stereocenters. The first-order valence-electron chi connectivity index (χ1n) is 7.39. The topological polar surface area (TPSA) is 59.9 Å². The van der Waals surface area contributed by atoms with Crippen molar-refractivity contribution in [3.8, 4) is 5.88 Å². The minimum absolute atomic E-state index is 0.530. The van der Waals surface area contributed by atoms with Crippen molar-refractivity contribution in [3.05, 3.63) is 42.0 Å². The predicted octanol–water partition coefficient (Wildman–Crippen LogP) is 2.79. The van der Waals surface area contributed by atoms with E-state index in [-0.39, 0.29) is 0 Å². The summed E-state index contributed by atoms with van der Waals surface area (Å²) in [5, 5.41) is 3.19. The molecule has 0 radical (unpaired) electrons. The first-order valence-corrected chi connectivity index (χ1v) is 7.39. The lowest BCUT2D eigenvalue weighted by molar-refractivity contribution is 0.284. The molecule has 0 aliphatic heterocycles. The number of hydrogen-bond donors (Lipinski definition) is 1. The molecule has 0 saturated heterocycles. The standard InChI is InChI=1S/C16H20N4O/c1-3-17-15-9-16(20-11(2)19-15)21-10-12-8-13(12)14-6-4-5-7-18-14/h4-7,9,12-13H,3,8,10H2,1-2H3,(H,17,19,20). The second-order valence-corrected chi connectivity index (χ2v) is 5.34. The number of nitrogens with one attached hydrogen (secondary N) is 1. The number of ether oxygens (including phenoxy) is 1. The van der Waals surface area contributed by atoms with Crippen LogP contribution in [-0.4, -0.2) is 28.1 Å². The number of hydrogen-bond acceptors (Lipinski definition) is 5. The Kier molecular flexibility index (Phi) is 3.99. The van der Waals surface area contributed by atoms with E-state index in [0.717, 1.165) is 24.6 Å². The average molecular weight is 284 g/mol. The van der Waals surface area contributed by atoms with E-state index in [1.54, 1.807) is 0 Å². The van der Waals surface area contributed by atoms with E-state index in [9.17, 15) is 0 Å². The maximum absolute atomic E-state index is 5.83. The molecule has 2 heterocycles. The number of aromatic nitrogens is 3.